The van der Waals surface area contributed by atoms with Gasteiger partial charge in [-0.05, 0) is 0 Å². The number of hydrogen-bond acceptors (Lipinski definition) is 3. The van der Waals surface area contributed by atoms with E-state index in [-0.39, 0.29) is 29.6 Å². The summed E-state index contributed by atoms with van der Waals surface area (Å²) < 4.78 is 2.67. The predicted octanol–water partition coefficient (Wildman–Crippen LogP) is -2.82. The van der Waals surface area contributed by atoms with Crippen LogP contribution in [0.5, 0.6) is 0 Å². The van der Waals surface area contributed by atoms with Crippen molar-refractivity contribution in [2.75, 3.05) is 0 Å². The molecule has 0 aliphatic heterocycles. The van der Waals surface area contributed by atoms with Crippen LogP contribution in [0.4, 0.5) is 0 Å². The number of nitrogens with zero attached hydrogens (tertiary/aromatic N) is 1. The van der Waals surface area contributed by atoms with E-state index in [1.165, 1.54) is 0 Å². The van der Waals surface area contributed by atoms with E-state index in [2.05, 4.69) is 29.0 Å². The van der Waals surface area contributed by atoms with Crippen molar-refractivity contribution in [2.45, 2.75) is 0 Å². The maximum atomic E-state index is 3.83. The van der Waals surface area contributed by atoms with Gasteiger partial charge in [0.05, 0.1) is 0 Å². The molecule has 0 unspecified atom stereocenters. The molecule has 0 aliphatic carbocycles. The van der Waals surface area contributed by atoms with Gasteiger partial charge in [-0.15, -0.1) is 0 Å². The van der Waals surface area contributed by atoms with Crippen molar-refractivity contribution in [2.24, 2.45) is 3.77 Å². The zero-order valence-electron chi connectivity index (χ0n) is 2.26. The summed E-state index contributed by atoms with van der Waals surface area (Å²) in [6, 6.07) is 0. The van der Waals surface area contributed by atoms with E-state index in [4.69, 9.17) is 0 Å². The Bertz CT molecular complexity index is 13.5. The minimum absolute atomic E-state index is 0. The summed E-state index contributed by atoms with van der Waals surface area (Å²) in [7, 11) is 0. The molecule has 4 heteroatoms. The summed E-state index contributed by atoms with van der Waals surface area (Å²) in [6.45, 7) is 0. The molecule has 0 saturated carbocycles. The third-order valence-corrected chi connectivity index (χ3v) is 0. The van der Waals surface area contributed by atoms with Gasteiger partial charge in [-0.1, -0.05) is 0 Å². The van der Waals surface area contributed by atoms with Crippen molar-refractivity contribution in [3.8, 4) is 0 Å². The molecule has 1 nitrogen and oxygen atoms in total. The van der Waals surface area contributed by atoms with Gasteiger partial charge in [0.15, 0.2) is 0 Å². The second kappa shape index (κ2) is 8.87. The van der Waals surface area contributed by atoms with E-state index in [0.29, 0.717) is 0 Å². The third kappa shape index (κ3) is 10.6. The van der Waals surface area contributed by atoms with Crippen molar-refractivity contribution in [3.05, 3.63) is 0 Å². The van der Waals surface area contributed by atoms with Crippen LogP contribution in [0, 0.1) is 0 Å². The van der Waals surface area contributed by atoms with E-state index < -0.39 is 0 Å². The summed E-state index contributed by atoms with van der Waals surface area (Å²) in [6.07, 6.45) is 0. The molecule has 0 rings (SSSR count). The Balaban J connectivity index is 0. The molecular weight excluding hydrogens is 101 g/mol. The van der Waals surface area contributed by atoms with Gasteiger partial charge in [-0.3, -0.25) is 0 Å². The van der Waals surface area contributed by atoms with Gasteiger partial charge >= 0.3 is 29.6 Å². The minimum Gasteiger partial charge on any atom is -0.366 e. The Labute approximate surface area is 58.2 Å². The number of hydrogen-bond donors (Lipinski definition) is 0. The fraction of sp³-hybridized carbons (Fsp3) is 0. The van der Waals surface area contributed by atoms with Gasteiger partial charge in [-0.25, -0.2) is 0 Å². The standard InChI is InChI=1S/HNS2.Na/c2-1-3;/h(H,2,3);/q;+1/p-1. The first-order valence-electron chi connectivity index (χ1n) is 0.365. The molecule has 0 fully saturated rings. The summed E-state index contributed by atoms with van der Waals surface area (Å²) in [5, 5.41) is 0. The van der Waals surface area contributed by atoms with Gasteiger partial charge in [0, 0.05) is 0 Å². The van der Waals surface area contributed by atoms with E-state index in [0.717, 1.165) is 0 Å². The third-order valence-electron chi connectivity index (χ3n) is 0. The van der Waals surface area contributed by atoms with Crippen LogP contribution >= 0.6 is 0 Å². The van der Waals surface area contributed by atoms with E-state index in [1.54, 1.807) is 0 Å². The van der Waals surface area contributed by atoms with Gasteiger partial charge in [0.1, 0.15) is 0 Å². The SMILES string of the molecule is S=N[S-].[Na+]. The van der Waals surface area contributed by atoms with Crippen molar-refractivity contribution < 1.29 is 29.6 Å². The summed E-state index contributed by atoms with van der Waals surface area (Å²) >= 11 is 7.67. The van der Waals surface area contributed by atoms with Crippen LogP contribution in [-0.4, -0.2) is 0 Å². The normalized spacial score (nSPS) is 3.00. The Kier molecular flexibility index (Phi) is 19.9. The predicted molar refractivity (Wildman–Crippen MR) is 17.2 cm³/mol. The molecule has 0 radical (unpaired) electrons. The molecule has 0 aromatic rings. The van der Waals surface area contributed by atoms with Crippen molar-refractivity contribution in [1.82, 2.24) is 0 Å². The van der Waals surface area contributed by atoms with Crippen LogP contribution < -0.4 is 29.6 Å². The molecule has 4 heavy (non-hydrogen) atoms. The molecule has 0 saturated heterocycles. The Morgan fingerprint density at radius 1 is 1.75 bits per heavy atom. The molecule has 0 bridgehead atoms. The zero-order valence-corrected chi connectivity index (χ0v) is 5.90. The van der Waals surface area contributed by atoms with E-state index >= 15 is 0 Å². The summed E-state index contributed by atoms with van der Waals surface area (Å²) in [5.74, 6) is 0. The van der Waals surface area contributed by atoms with Crippen LogP contribution in [0.15, 0.2) is 3.77 Å². The fourth-order valence-electron chi connectivity index (χ4n) is 0. The van der Waals surface area contributed by atoms with Crippen LogP contribution in [0.3, 0.4) is 0 Å². The second-order valence-electron chi connectivity index (χ2n) is 0.0745. The van der Waals surface area contributed by atoms with Crippen LogP contribution in [0.1, 0.15) is 0 Å². The van der Waals surface area contributed by atoms with Gasteiger partial charge in [0.2, 0.25) is 0 Å². The molecule has 18 valence electrons. The minimum atomic E-state index is 0. The summed E-state index contributed by atoms with van der Waals surface area (Å²) in [4.78, 5) is 0. The zero-order chi connectivity index (χ0) is 2.71. The Morgan fingerprint density at radius 3 is 1.75 bits per heavy atom. The summed E-state index contributed by atoms with van der Waals surface area (Å²) in [5.41, 5.74) is 0. The van der Waals surface area contributed by atoms with Crippen LogP contribution in [0.25, 0.3) is 0 Å². The molecular formula is NNaS2. The topological polar surface area (TPSA) is 12.4 Å². The monoisotopic (exact) mass is 101 g/mol. The van der Waals surface area contributed by atoms with E-state index in [9.17, 15) is 0 Å². The fourth-order valence-corrected chi connectivity index (χ4v) is 0. The quantitative estimate of drug-likeness (QED) is 0.241. The van der Waals surface area contributed by atoms with Crippen molar-refractivity contribution in [1.29, 1.82) is 0 Å². The Morgan fingerprint density at radius 2 is 1.75 bits per heavy atom. The molecule has 0 heterocycles. The van der Waals surface area contributed by atoms with Crippen LogP contribution in [0.2, 0.25) is 0 Å². The molecule has 0 spiro atoms. The molecule has 0 aromatic heterocycles. The average Bonchev–Trinajstić information content (AvgIpc) is 0.918. The maximum Gasteiger partial charge on any atom is 1.00 e. The first-order valence-corrected chi connectivity index (χ1v) is 1.10. The van der Waals surface area contributed by atoms with Gasteiger partial charge in [0.25, 0.3) is 0 Å². The smallest absolute Gasteiger partial charge is 0.366 e. The van der Waals surface area contributed by atoms with Gasteiger partial charge in [-0.2, -0.15) is 0 Å². The first-order chi connectivity index (χ1) is 1.41. The first kappa shape index (κ1) is 8.97. The van der Waals surface area contributed by atoms with Crippen LogP contribution in [-0.2, 0) is 25.2 Å². The average molecular weight is 101 g/mol. The molecule has 0 aliphatic rings. The molecule has 0 N–H and O–H groups in total. The molecule has 0 atom stereocenters. The van der Waals surface area contributed by atoms with Crippen molar-refractivity contribution >= 4 is 25.2 Å². The largest absolute Gasteiger partial charge is 1.00 e. The second-order valence-corrected chi connectivity index (χ2v) is 0.671. The van der Waals surface area contributed by atoms with Crippen molar-refractivity contribution in [3.63, 3.8) is 0 Å². The number of rotatable bonds is 0. The Hall–Kier alpha value is 1.24. The van der Waals surface area contributed by atoms with Gasteiger partial charge < -0.3 is 29.0 Å². The molecule has 0 amide bonds. The molecule has 0 aromatic carbocycles. The maximum absolute atomic E-state index is 3.83. The van der Waals surface area contributed by atoms with E-state index in [1.807, 2.05) is 0 Å².